The second-order valence-electron chi connectivity index (χ2n) is 4.13. The first-order chi connectivity index (χ1) is 8.31. The lowest BCUT2D eigenvalue weighted by molar-refractivity contribution is 0.906. The summed E-state index contributed by atoms with van der Waals surface area (Å²) in [6, 6.07) is 8.90. The smallest absolute Gasteiger partial charge is 0.108 e. The van der Waals surface area contributed by atoms with E-state index in [2.05, 4.69) is 24.3 Å². The highest BCUT2D eigenvalue weighted by atomic mass is 32.2. The number of hydrogen-bond donors (Lipinski definition) is 0. The van der Waals surface area contributed by atoms with Crippen molar-refractivity contribution in [3.05, 3.63) is 38.5 Å². The van der Waals surface area contributed by atoms with Gasteiger partial charge in [0.1, 0.15) is 3.14 Å². The highest BCUT2D eigenvalue weighted by Crippen LogP contribution is 2.59. The van der Waals surface area contributed by atoms with Crippen LogP contribution < -0.4 is 0 Å². The Morgan fingerprint density at radius 1 is 1.06 bits per heavy atom. The first-order valence-corrected chi connectivity index (χ1v) is 9.16. The third kappa shape index (κ3) is 1.75. The fourth-order valence-electron chi connectivity index (χ4n) is 2.42. The maximum atomic E-state index is 5.30. The van der Waals surface area contributed by atoms with Gasteiger partial charge < -0.3 is 0 Å². The van der Waals surface area contributed by atoms with Crippen molar-refractivity contribution in [2.24, 2.45) is 0 Å². The van der Waals surface area contributed by atoms with Gasteiger partial charge in [0.2, 0.25) is 0 Å². The summed E-state index contributed by atoms with van der Waals surface area (Å²) in [4.78, 5) is 0. The molecule has 2 aromatic rings. The number of rotatable bonds is 0. The lowest BCUT2D eigenvalue weighted by Crippen LogP contribution is -2.09. The van der Waals surface area contributed by atoms with E-state index < -0.39 is 0 Å². The van der Waals surface area contributed by atoms with Gasteiger partial charge in [-0.05, 0) is 17.5 Å². The molecule has 0 saturated heterocycles. The Labute approximate surface area is 121 Å². The fourth-order valence-corrected chi connectivity index (χ4v) is 9.50. The normalized spacial score (nSPS) is 25.2. The van der Waals surface area contributed by atoms with Gasteiger partial charge in [0.25, 0.3) is 0 Å². The van der Waals surface area contributed by atoms with Crippen LogP contribution in [0.1, 0.15) is 16.4 Å². The molecule has 1 aromatic heterocycles. The standard InChI is InChI=1S/C12H8S5/c13-12-16-10-11(17-12)15-9-7-4-2-1-3-6(7)5-8(9)14-10/h1-4,8-9H,5H2/t8-,9+/m1/s1. The average molecular weight is 313 g/mol. The lowest BCUT2D eigenvalue weighted by Gasteiger charge is -2.23. The predicted octanol–water partition coefficient (Wildman–Crippen LogP) is 5.40. The van der Waals surface area contributed by atoms with Crippen LogP contribution in [0.3, 0.4) is 0 Å². The van der Waals surface area contributed by atoms with Crippen molar-refractivity contribution in [1.82, 2.24) is 0 Å². The summed E-state index contributed by atoms with van der Waals surface area (Å²) < 4.78 is 3.98. The summed E-state index contributed by atoms with van der Waals surface area (Å²) in [6.07, 6.45) is 1.22. The maximum Gasteiger partial charge on any atom is 0.145 e. The van der Waals surface area contributed by atoms with Crippen molar-refractivity contribution >= 4 is 58.4 Å². The van der Waals surface area contributed by atoms with Gasteiger partial charge in [-0.3, -0.25) is 0 Å². The molecule has 1 aliphatic carbocycles. The molecule has 86 valence electrons. The predicted molar refractivity (Wildman–Crippen MR) is 81.4 cm³/mol. The molecule has 2 atom stereocenters. The maximum absolute atomic E-state index is 5.30. The van der Waals surface area contributed by atoms with Gasteiger partial charge in [0, 0.05) is 10.5 Å². The highest BCUT2D eigenvalue weighted by molar-refractivity contribution is 8.09. The van der Waals surface area contributed by atoms with Crippen LogP contribution >= 0.6 is 58.4 Å². The summed E-state index contributed by atoms with van der Waals surface area (Å²) in [5, 5.41) is 1.36. The molecule has 0 radical (unpaired) electrons. The molecule has 0 nitrogen and oxygen atoms in total. The Balaban J connectivity index is 1.81. The minimum absolute atomic E-state index is 0.643. The topological polar surface area (TPSA) is 0 Å². The van der Waals surface area contributed by atoms with E-state index in [9.17, 15) is 0 Å². The molecule has 1 aromatic carbocycles. The van der Waals surface area contributed by atoms with Crippen molar-refractivity contribution in [2.45, 2.75) is 25.3 Å². The van der Waals surface area contributed by atoms with E-state index in [0.29, 0.717) is 10.5 Å². The van der Waals surface area contributed by atoms with E-state index in [1.54, 1.807) is 33.8 Å². The van der Waals surface area contributed by atoms with E-state index in [4.69, 9.17) is 12.2 Å². The molecule has 1 aliphatic heterocycles. The third-order valence-corrected chi connectivity index (χ3v) is 9.42. The second kappa shape index (κ2) is 4.10. The first kappa shape index (κ1) is 11.1. The third-order valence-electron chi connectivity index (χ3n) is 3.13. The van der Waals surface area contributed by atoms with Crippen molar-refractivity contribution < 1.29 is 0 Å². The monoisotopic (exact) mass is 312 g/mol. The molecule has 4 rings (SSSR count). The van der Waals surface area contributed by atoms with E-state index in [1.165, 1.54) is 14.8 Å². The Hall–Kier alpha value is 0.190. The number of fused-ring (bicyclic) bond motifs is 4. The van der Waals surface area contributed by atoms with Gasteiger partial charge in [-0.2, -0.15) is 0 Å². The van der Waals surface area contributed by atoms with Gasteiger partial charge in [-0.25, -0.2) is 0 Å². The molecule has 0 unspecified atom stereocenters. The van der Waals surface area contributed by atoms with Crippen LogP contribution in [0.4, 0.5) is 0 Å². The van der Waals surface area contributed by atoms with Crippen molar-refractivity contribution in [3.63, 3.8) is 0 Å². The van der Waals surface area contributed by atoms with Crippen LogP contribution in [-0.4, -0.2) is 5.25 Å². The molecule has 0 amide bonds. The number of hydrogen-bond acceptors (Lipinski definition) is 5. The molecular formula is C12H8S5. The van der Waals surface area contributed by atoms with Crippen LogP contribution in [0.5, 0.6) is 0 Å². The summed E-state index contributed by atoms with van der Waals surface area (Å²) in [5.41, 5.74) is 3.09. The van der Waals surface area contributed by atoms with E-state index >= 15 is 0 Å². The number of benzene rings is 1. The minimum atomic E-state index is 0.643. The van der Waals surface area contributed by atoms with Gasteiger partial charge in [0.05, 0.1) is 8.42 Å². The fraction of sp³-hybridized carbons (Fsp3) is 0.250. The second-order valence-corrected chi connectivity index (χ2v) is 10.3. The van der Waals surface area contributed by atoms with Crippen molar-refractivity contribution in [3.8, 4) is 0 Å². The van der Waals surface area contributed by atoms with Gasteiger partial charge in [-0.1, -0.05) is 36.5 Å². The summed E-state index contributed by atoms with van der Waals surface area (Å²) in [5.74, 6) is 0. The van der Waals surface area contributed by atoms with Gasteiger partial charge in [-0.15, -0.1) is 46.2 Å². The number of thioether (sulfide) groups is 2. The average Bonchev–Trinajstić information content (AvgIpc) is 2.84. The zero-order valence-electron chi connectivity index (χ0n) is 8.71. The summed E-state index contributed by atoms with van der Waals surface area (Å²) in [7, 11) is 0. The molecule has 2 heterocycles. The van der Waals surface area contributed by atoms with E-state index in [0.717, 1.165) is 3.14 Å². The molecule has 2 aliphatic rings. The Morgan fingerprint density at radius 2 is 1.82 bits per heavy atom. The molecular weight excluding hydrogens is 304 g/mol. The van der Waals surface area contributed by atoms with Crippen LogP contribution in [0.25, 0.3) is 0 Å². The Kier molecular flexibility index (Phi) is 2.66. The SMILES string of the molecule is S=c1sc2c(s1)S[C@H]1c3ccccc3C[C@H]1S2. The van der Waals surface area contributed by atoms with Crippen LogP contribution in [-0.2, 0) is 6.42 Å². The molecule has 0 saturated carbocycles. The highest BCUT2D eigenvalue weighted by Gasteiger charge is 2.38. The van der Waals surface area contributed by atoms with Crippen molar-refractivity contribution in [2.75, 3.05) is 0 Å². The molecule has 0 spiro atoms. The molecule has 0 N–H and O–H groups in total. The van der Waals surface area contributed by atoms with Crippen LogP contribution in [0.2, 0.25) is 0 Å². The quantitative estimate of drug-likeness (QED) is 0.598. The Morgan fingerprint density at radius 3 is 2.71 bits per heavy atom. The van der Waals surface area contributed by atoms with Crippen LogP contribution in [0, 0.1) is 3.14 Å². The van der Waals surface area contributed by atoms with Crippen LogP contribution in [0.15, 0.2) is 32.7 Å². The Bertz CT molecular complexity index is 638. The first-order valence-electron chi connectivity index (χ1n) is 5.36. The zero-order chi connectivity index (χ0) is 11.4. The molecule has 17 heavy (non-hydrogen) atoms. The van der Waals surface area contributed by atoms with Gasteiger partial charge in [0.15, 0.2) is 0 Å². The minimum Gasteiger partial charge on any atom is -0.108 e. The zero-order valence-corrected chi connectivity index (χ0v) is 12.8. The summed E-state index contributed by atoms with van der Waals surface area (Å²) >= 11 is 13.0. The van der Waals surface area contributed by atoms with E-state index in [1.807, 2.05) is 23.5 Å². The summed E-state index contributed by atoms with van der Waals surface area (Å²) in [6.45, 7) is 0. The van der Waals surface area contributed by atoms with Gasteiger partial charge >= 0.3 is 0 Å². The largest absolute Gasteiger partial charge is 0.145 e. The lowest BCUT2D eigenvalue weighted by atomic mass is 10.1. The van der Waals surface area contributed by atoms with E-state index in [-0.39, 0.29) is 0 Å². The molecule has 5 heteroatoms. The molecule has 0 bridgehead atoms. The molecule has 0 fully saturated rings. The van der Waals surface area contributed by atoms with Crippen molar-refractivity contribution in [1.29, 1.82) is 0 Å².